The summed E-state index contributed by atoms with van der Waals surface area (Å²) in [6, 6.07) is 11.3. The number of fused-ring (bicyclic) bond motifs is 1. The maximum absolute atomic E-state index is 13.4. The van der Waals surface area contributed by atoms with Gasteiger partial charge < -0.3 is 10.7 Å². The Hall–Kier alpha value is -3.48. The van der Waals surface area contributed by atoms with Gasteiger partial charge in [-0.2, -0.15) is 5.10 Å². The van der Waals surface area contributed by atoms with Crippen molar-refractivity contribution in [1.82, 2.24) is 20.2 Å². The van der Waals surface area contributed by atoms with Crippen molar-refractivity contribution in [3.8, 4) is 22.8 Å². The lowest BCUT2D eigenvalue weighted by molar-refractivity contribution is 0.100. The number of aromatic amines is 2. The van der Waals surface area contributed by atoms with E-state index in [0.29, 0.717) is 28.3 Å². The number of H-pyrrole nitrogens is 2. The molecule has 0 radical (unpaired) electrons. The van der Waals surface area contributed by atoms with E-state index in [1.807, 2.05) is 0 Å². The van der Waals surface area contributed by atoms with Gasteiger partial charge in [-0.15, -0.1) is 0 Å². The van der Waals surface area contributed by atoms with Crippen molar-refractivity contribution in [2.24, 2.45) is 5.73 Å². The molecule has 0 bridgehead atoms. The van der Waals surface area contributed by atoms with Gasteiger partial charge in [0.1, 0.15) is 11.5 Å². The predicted molar refractivity (Wildman–Crippen MR) is 87.6 cm³/mol. The minimum absolute atomic E-state index is 0.319. The number of hydrogen-bond acceptors (Lipinski definition) is 3. The van der Waals surface area contributed by atoms with E-state index in [2.05, 4.69) is 20.2 Å². The molecule has 0 atom stereocenters. The van der Waals surface area contributed by atoms with Crippen molar-refractivity contribution in [2.75, 3.05) is 0 Å². The number of aromatic nitrogens is 4. The second-order valence-corrected chi connectivity index (χ2v) is 5.35. The molecule has 2 aromatic heterocycles. The Balaban J connectivity index is 1.81. The van der Waals surface area contributed by atoms with Gasteiger partial charge in [0.25, 0.3) is 0 Å². The molecular formula is C17H12FN5O. The van der Waals surface area contributed by atoms with Crippen molar-refractivity contribution >= 4 is 16.8 Å². The number of carbonyl (C=O) groups is 1. The SMILES string of the molecule is NC(=O)c1ccc2[nH]nc(-c3ncc(-c4cccc(F)c4)[nH]3)c2c1. The van der Waals surface area contributed by atoms with Gasteiger partial charge in [-0.3, -0.25) is 9.89 Å². The van der Waals surface area contributed by atoms with Crippen LogP contribution in [0.25, 0.3) is 33.7 Å². The van der Waals surface area contributed by atoms with Gasteiger partial charge in [0, 0.05) is 16.5 Å². The third-order valence-electron chi connectivity index (χ3n) is 3.78. The highest BCUT2D eigenvalue weighted by Gasteiger charge is 2.14. The summed E-state index contributed by atoms with van der Waals surface area (Å²) in [7, 11) is 0. The number of hydrogen-bond donors (Lipinski definition) is 3. The van der Waals surface area contributed by atoms with E-state index >= 15 is 0 Å². The Kier molecular flexibility index (Phi) is 3.13. The zero-order valence-electron chi connectivity index (χ0n) is 12.4. The molecule has 118 valence electrons. The van der Waals surface area contributed by atoms with Gasteiger partial charge in [-0.1, -0.05) is 12.1 Å². The highest BCUT2D eigenvalue weighted by atomic mass is 19.1. The Morgan fingerprint density at radius 3 is 2.83 bits per heavy atom. The van der Waals surface area contributed by atoms with Crippen molar-refractivity contribution in [3.05, 3.63) is 60.0 Å². The molecule has 2 heterocycles. The highest BCUT2D eigenvalue weighted by molar-refractivity contribution is 6.00. The first-order valence-electron chi connectivity index (χ1n) is 7.21. The van der Waals surface area contributed by atoms with Crippen LogP contribution in [0.2, 0.25) is 0 Å². The minimum Gasteiger partial charge on any atom is -0.366 e. The molecule has 7 heteroatoms. The predicted octanol–water partition coefficient (Wildman–Crippen LogP) is 2.86. The fraction of sp³-hybridized carbons (Fsp3) is 0. The summed E-state index contributed by atoms with van der Waals surface area (Å²) >= 11 is 0. The van der Waals surface area contributed by atoms with Crippen LogP contribution < -0.4 is 5.73 Å². The fourth-order valence-electron chi connectivity index (χ4n) is 2.59. The van der Waals surface area contributed by atoms with Gasteiger partial charge in [0.15, 0.2) is 5.82 Å². The molecular weight excluding hydrogens is 309 g/mol. The Morgan fingerprint density at radius 2 is 2.04 bits per heavy atom. The summed E-state index contributed by atoms with van der Waals surface area (Å²) in [6.07, 6.45) is 1.61. The first-order valence-corrected chi connectivity index (χ1v) is 7.21. The van der Waals surface area contributed by atoms with Crippen LogP contribution in [-0.2, 0) is 0 Å². The molecule has 0 fully saturated rings. The van der Waals surface area contributed by atoms with Crippen molar-refractivity contribution < 1.29 is 9.18 Å². The number of nitrogens with zero attached hydrogens (tertiary/aromatic N) is 2. The lowest BCUT2D eigenvalue weighted by Gasteiger charge is -1.98. The molecule has 6 nitrogen and oxygen atoms in total. The van der Waals surface area contributed by atoms with Crippen molar-refractivity contribution in [3.63, 3.8) is 0 Å². The van der Waals surface area contributed by atoms with Crippen LogP contribution in [0.5, 0.6) is 0 Å². The number of imidazole rings is 1. The molecule has 0 aliphatic rings. The summed E-state index contributed by atoms with van der Waals surface area (Å²) in [5, 5.41) is 7.86. The second-order valence-electron chi connectivity index (χ2n) is 5.35. The molecule has 2 aromatic carbocycles. The third kappa shape index (κ3) is 2.32. The molecule has 24 heavy (non-hydrogen) atoms. The molecule has 1 amide bonds. The number of primary amides is 1. The van der Waals surface area contributed by atoms with E-state index in [1.165, 1.54) is 12.1 Å². The normalized spacial score (nSPS) is 11.0. The number of nitrogens with one attached hydrogen (secondary N) is 2. The van der Waals surface area contributed by atoms with Crippen LogP contribution in [0.3, 0.4) is 0 Å². The van der Waals surface area contributed by atoms with E-state index in [4.69, 9.17) is 5.73 Å². The third-order valence-corrected chi connectivity index (χ3v) is 3.78. The quantitative estimate of drug-likeness (QED) is 0.541. The van der Waals surface area contributed by atoms with Crippen LogP contribution in [0, 0.1) is 5.82 Å². The Bertz CT molecular complexity index is 1070. The Morgan fingerprint density at radius 1 is 1.17 bits per heavy atom. The van der Waals surface area contributed by atoms with Crippen molar-refractivity contribution in [2.45, 2.75) is 0 Å². The van der Waals surface area contributed by atoms with E-state index in [1.54, 1.807) is 36.5 Å². The molecule has 4 rings (SSSR count). The van der Waals surface area contributed by atoms with Gasteiger partial charge >= 0.3 is 0 Å². The van der Waals surface area contributed by atoms with E-state index in [-0.39, 0.29) is 5.82 Å². The number of halogens is 1. The number of benzene rings is 2. The van der Waals surface area contributed by atoms with Gasteiger partial charge in [-0.25, -0.2) is 9.37 Å². The average Bonchev–Trinajstić information content (AvgIpc) is 3.20. The monoisotopic (exact) mass is 321 g/mol. The maximum Gasteiger partial charge on any atom is 0.248 e. The van der Waals surface area contributed by atoms with Crippen LogP contribution in [0.4, 0.5) is 4.39 Å². The van der Waals surface area contributed by atoms with E-state index in [9.17, 15) is 9.18 Å². The number of carbonyl (C=O) groups excluding carboxylic acids is 1. The molecule has 0 saturated carbocycles. The molecule has 0 saturated heterocycles. The molecule has 4 N–H and O–H groups in total. The summed E-state index contributed by atoms with van der Waals surface area (Å²) in [5.41, 5.74) is 8.41. The smallest absolute Gasteiger partial charge is 0.248 e. The second kappa shape index (κ2) is 5.31. The molecule has 0 aliphatic carbocycles. The maximum atomic E-state index is 13.4. The van der Waals surface area contributed by atoms with Crippen LogP contribution >= 0.6 is 0 Å². The topological polar surface area (TPSA) is 100 Å². The summed E-state index contributed by atoms with van der Waals surface area (Å²) in [6.45, 7) is 0. The molecule has 0 aliphatic heterocycles. The largest absolute Gasteiger partial charge is 0.366 e. The average molecular weight is 321 g/mol. The van der Waals surface area contributed by atoms with E-state index in [0.717, 1.165) is 10.9 Å². The van der Waals surface area contributed by atoms with Crippen LogP contribution in [0.1, 0.15) is 10.4 Å². The standard InChI is InChI=1S/C17H12FN5O/c18-11-3-1-2-9(6-11)14-8-20-17(21-14)15-12-7-10(16(19)24)4-5-13(12)22-23-15/h1-8H,(H2,19,24)(H,20,21)(H,22,23). The Labute approximate surface area is 135 Å². The minimum atomic E-state index is -0.510. The first kappa shape index (κ1) is 14.1. The van der Waals surface area contributed by atoms with Gasteiger partial charge in [-0.05, 0) is 30.3 Å². The number of rotatable bonds is 3. The molecule has 0 spiro atoms. The fourth-order valence-corrected chi connectivity index (χ4v) is 2.59. The lowest BCUT2D eigenvalue weighted by Crippen LogP contribution is -2.10. The summed E-state index contributed by atoms with van der Waals surface area (Å²) < 4.78 is 13.4. The van der Waals surface area contributed by atoms with Gasteiger partial charge in [0.05, 0.1) is 17.4 Å². The number of amides is 1. The molecule has 4 aromatic rings. The van der Waals surface area contributed by atoms with Crippen LogP contribution in [-0.4, -0.2) is 26.1 Å². The molecule has 0 unspecified atom stereocenters. The summed E-state index contributed by atoms with van der Waals surface area (Å²) in [4.78, 5) is 18.8. The van der Waals surface area contributed by atoms with Gasteiger partial charge in [0.2, 0.25) is 5.91 Å². The van der Waals surface area contributed by atoms with E-state index < -0.39 is 5.91 Å². The number of nitrogens with two attached hydrogens (primary N) is 1. The lowest BCUT2D eigenvalue weighted by atomic mass is 10.1. The van der Waals surface area contributed by atoms with Crippen LogP contribution in [0.15, 0.2) is 48.7 Å². The highest BCUT2D eigenvalue weighted by Crippen LogP contribution is 2.27. The van der Waals surface area contributed by atoms with Crippen molar-refractivity contribution in [1.29, 1.82) is 0 Å². The zero-order chi connectivity index (χ0) is 16.7. The summed E-state index contributed by atoms with van der Waals surface area (Å²) in [5.74, 6) is -0.314. The first-order chi connectivity index (χ1) is 11.6. The zero-order valence-corrected chi connectivity index (χ0v) is 12.4.